The molecule has 1 N–H and O–H groups in total. The molecule has 0 saturated carbocycles. The molecule has 0 radical (unpaired) electrons. The topological polar surface area (TPSA) is 41.8 Å². The van der Waals surface area contributed by atoms with E-state index in [0.717, 1.165) is 40.6 Å². The van der Waals surface area contributed by atoms with Crippen molar-refractivity contribution in [2.75, 3.05) is 0 Å². The summed E-state index contributed by atoms with van der Waals surface area (Å²) in [6.45, 7) is 0. The largest absolute Gasteiger partial charge is 0.464 e. The molecule has 3 aromatic rings. The second-order valence-electron chi connectivity index (χ2n) is 4.28. The Hall–Kier alpha value is -2.00. The van der Waals surface area contributed by atoms with Gasteiger partial charge in [0.15, 0.2) is 0 Å². The summed E-state index contributed by atoms with van der Waals surface area (Å²) in [5.41, 5.74) is 2.14. The maximum Gasteiger partial charge on any atom is 0.134 e. The fraction of sp³-hybridized carbons (Fsp3) is 0.133. The first-order valence-corrected chi connectivity index (χ1v) is 6.52. The molecule has 1 aromatic carbocycles. The van der Waals surface area contributed by atoms with Crippen LogP contribution in [0.2, 0.25) is 5.02 Å². The van der Waals surface area contributed by atoms with Crippen molar-refractivity contribution in [1.29, 1.82) is 0 Å². The minimum absolute atomic E-state index is 0.764. The van der Waals surface area contributed by atoms with Crippen molar-refractivity contribution >= 4 is 11.6 Å². The molecule has 2 aromatic heterocycles. The summed E-state index contributed by atoms with van der Waals surface area (Å²) >= 11 is 6.31. The summed E-state index contributed by atoms with van der Waals surface area (Å²) in [6, 6.07) is 9.71. The van der Waals surface area contributed by atoms with Crippen molar-refractivity contribution in [2.45, 2.75) is 12.8 Å². The van der Waals surface area contributed by atoms with Crippen molar-refractivity contribution in [3.63, 3.8) is 0 Å². The van der Waals surface area contributed by atoms with E-state index in [1.165, 1.54) is 0 Å². The van der Waals surface area contributed by atoms with E-state index < -0.39 is 0 Å². The number of aryl methyl sites for hydroxylation is 1. The lowest BCUT2D eigenvalue weighted by molar-refractivity contribution is 0.581. The van der Waals surface area contributed by atoms with Crippen molar-refractivity contribution < 1.29 is 4.42 Å². The minimum atomic E-state index is 0.764. The van der Waals surface area contributed by atoms with Gasteiger partial charge >= 0.3 is 0 Å². The van der Waals surface area contributed by atoms with Crippen molar-refractivity contribution in [2.24, 2.45) is 0 Å². The second-order valence-corrected chi connectivity index (χ2v) is 4.69. The Morgan fingerprint density at radius 1 is 1.16 bits per heavy atom. The Morgan fingerprint density at radius 3 is 2.84 bits per heavy atom. The highest BCUT2D eigenvalue weighted by Crippen LogP contribution is 2.30. The zero-order chi connectivity index (χ0) is 13.1. The van der Waals surface area contributed by atoms with Gasteiger partial charge in [0.05, 0.1) is 6.26 Å². The van der Waals surface area contributed by atoms with E-state index in [9.17, 15) is 0 Å². The van der Waals surface area contributed by atoms with E-state index >= 15 is 0 Å². The van der Waals surface area contributed by atoms with Crippen LogP contribution in [0.4, 0.5) is 0 Å². The molecule has 0 aliphatic rings. The predicted octanol–water partition coefficient (Wildman–Crippen LogP) is 4.11. The molecular formula is C15H13ClN2O. The SMILES string of the molecule is Clc1cccc(-c2ccco2)c1CCc1ncc[nH]1. The van der Waals surface area contributed by atoms with Gasteiger partial charge in [-0.25, -0.2) is 4.98 Å². The van der Waals surface area contributed by atoms with Gasteiger partial charge in [-0.15, -0.1) is 0 Å². The van der Waals surface area contributed by atoms with Crippen LogP contribution >= 0.6 is 11.6 Å². The van der Waals surface area contributed by atoms with Crippen LogP contribution in [0.15, 0.2) is 53.4 Å². The quantitative estimate of drug-likeness (QED) is 0.777. The van der Waals surface area contributed by atoms with Crippen LogP contribution in [-0.2, 0) is 12.8 Å². The number of hydrogen-bond donors (Lipinski definition) is 1. The monoisotopic (exact) mass is 272 g/mol. The Labute approximate surface area is 116 Å². The van der Waals surface area contributed by atoms with Crippen molar-refractivity contribution in [3.8, 4) is 11.3 Å². The Kier molecular flexibility index (Phi) is 3.38. The average Bonchev–Trinajstić information content (AvgIpc) is 3.10. The third-order valence-corrected chi connectivity index (χ3v) is 3.43. The Balaban J connectivity index is 1.91. The van der Waals surface area contributed by atoms with E-state index in [4.69, 9.17) is 16.0 Å². The van der Waals surface area contributed by atoms with Gasteiger partial charge in [0, 0.05) is 29.4 Å². The van der Waals surface area contributed by atoms with Crippen LogP contribution in [0.3, 0.4) is 0 Å². The summed E-state index contributed by atoms with van der Waals surface area (Å²) in [6.07, 6.45) is 6.91. The van der Waals surface area contributed by atoms with Gasteiger partial charge in [-0.1, -0.05) is 23.7 Å². The predicted molar refractivity (Wildman–Crippen MR) is 75.1 cm³/mol. The van der Waals surface area contributed by atoms with E-state index in [1.807, 2.05) is 36.5 Å². The third-order valence-electron chi connectivity index (χ3n) is 3.07. The van der Waals surface area contributed by atoms with Gasteiger partial charge in [0.1, 0.15) is 11.6 Å². The molecule has 3 rings (SSSR count). The smallest absolute Gasteiger partial charge is 0.134 e. The van der Waals surface area contributed by atoms with E-state index in [1.54, 1.807) is 12.5 Å². The molecule has 0 spiro atoms. The highest BCUT2D eigenvalue weighted by atomic mass is 35.5. The molecule has 0 amide bonds. The third kappa shape index (κ3) is 2.56. The molecule has 0 aliphatic carbocycles. The van der Waals surface area contributed by atoms with Crippen LogP contribution in [0.25, 0.3) is 11.3 Å². The molecular weight excluding hydrogens is 260 g/mol. The maximum absolute atomic E-state index is 6.31. The van der Waals surface area contributed by atoms with Crippen LogP contribution < -0.4 is 0 Å². The summed E-state index contributed by atoms with van der Waals surface area (Å²) < 4.78 is 5.47. The zero-order valence-electron chi connectivity index (χ0n) is 10.3. The number of hydrogen-bond acceptors (Lipinski definition) is 2. The van der Waals surface area contributed by atoms with Crippen LogP contribution in [-0.4, -0.2) is 9.97 Å². The first-order chi connectivity index (χ1) is 9.34. The molecule has 0 aliphatic heterocycles. The number of imidazole rings is 1. The van der Waals surface area contributed by atoms with Crippen LogP contribution in [0.1, 0.15) is 11.4 Å². The van der Waals surface area contributed by atoms with E-state index in [0.29, 0.717) is 0 Å². The standard InChI is InChI=1S/C15H13ClN2O/c16-13-4-1-3-12(14-5-2-10-19-14)11(13)6-7-15-17-8-9-18-15/h1-5,8-10H,6-7H2,(H,17,18). The van der Waals surface area contributed by atoms with E-state index in [2.05, 4.69) is 9.97 Å². The van der Waals surface area contributed by atoms with Gasteiger partial charge in [-0.05, 0) is 30.2 Å². The minimum Gasteiger partial charge on any atom is -0.464 e. The molecule has 0 unspecified atom stereocenters. The number of nitrogens with one attached hydrogen (secondary N) is 1. The lowest BCUT2D eigenvalue weighted by atomic mass is 10.0. The molecule has 0 saturated heterocycles. The number of H-pyrrole nitrogens is 1. The van der Waals surface area contributed by atoms with Gasteiger partial charge < -0.3 is 9.40 Å². The molecule has 19 heavy (non-hydrogen) atoms. The second kappa shape index (κ2) is 5.33. The van der Waals surface area contributed by atoms with Crippen molar-refractivity contribution in [1.82, 2.24) is 9.97 Å². The van der Waals surface area contributed by atoms with Crippen LogP contribution in [0.5, 0.6) is 0 Å². The number of benzene rings is 1. The highest BCUT2D eigenvalue weighted by Gasteiger charge is 2.11. The summed E-state index contributed by atoms with van der Waals surface area (Å²) in [4.78, 5) is 7.33. The fourth-order valence-corrected chi connectivity index (χ4v) is 2.42. The molecule has 4 heteroatoms. The molecule has 3 nitrogen and oxygen atoms in total. The maximum atomic E-state index is 6.31. The fourth-order valence-electron chi connectivity index (χ4n) is 2.15. The molecule has 96 valence electrons. The molecule has 2 heterocycles. The number of furan rings is 1. The first-order valence-electron chi connectivity index (χ1n) is 6.14. The molecule has 0 fully saturated rings. The first kappa shape index (κ1) is 12.1. The highest BCUT2D eigenvalue weighted by molar-refractivity contribution is 6.31. The molecule has 0 atom stereocenters. The number of aromatic nitrogens is 2. The van der Waals surface area contributed by atoms with Gasteiger partial charge in [-0.3, -0.25) is 0 Å². The Bertz CT molecular complexity index is 645. The Morgan fingerprint density at radius 2 is 2.11 bits per heavy atom. The zero-order valence-corrected chi connectivity index (χ0v) is 11.0. The molecule has 0 bridgehead atoms. The summed E-state index contributed by atoms with van der Waals surface area (Å²) in [7, 11) is 0. The lowest BCUT2D eigenvalue weighted by Crippen LogP contribution is -1.96. The normalized spacial score (nSPS) is 10.8. The number of aromatic amines is 1. The van der Waals surface area contributed by atoms with Gasteiger partial charge in [0.2, 0.25) is 0 Å². The number of halogens is 1. The summed E-state index contributed by atoms with van der Waals surface area (Å²) in [5.74, 6) is 1.81. The van der Waals surface area contributed by atoms with E-state index in [-0.39, 0.29) is 0 Å². The van der Waals surface area contributed by atoms with Gasteiger partial charge in [-0.2, -0.15) is 0 Å². The van der Waals surface area contributed by atoms with Gasteiger partial charge in [0.25, 0.3) is 0 Å². The summed E-state index contributed by atoms with van der Waals surface area (Å²) in [5, 5.41) is 0.764. The lowest BCUT2D eigenvalue weighted by Gasteiger charge is -2.09. The number of rotatable bonds is 4. The average molecular weight is 273 g/mol. The van der Waals surface area contributed by atoms with Crippen LogP contribution in [0, 0.1) is 0 Å². The number of nitrogens with zero attached hydrogens (tertiary/aromatic N) is 1. The van der Waals surface area contributed by atoms with Crippen molar-refractivity contribution in [3.05, 3.63) is 65.4 Å².